The Balaban J connectivity index is 1.59. The number of benzene rings is 1. The molecule has 24 heavy (non-hydrogen) atoms. The largest absolute Gasteiger partial charge is 0.508 e. The van der Waals surface area contributed by atoms with Crippen LogP contribution in [0.3, 0.4) is 0 Å². The van der Waals surface area contributed by atoms with E-state index < -0.39 is 0 Å². The van der Waals surface area contributed by atoms with Crippen LogP contribution in [-0.2, 0) is 11.2 Å². The summed E-state index contributed by atoms with van der Waals surface area (Å²) in [6, 6.07) is 4.19. The predicted molar refractivity (Wildman–Crippen MR) is 88.9 cm³/mol. The molecule has 1 aromatic carbocycles. The number of aromatic nitrogens is 2. The first-order valence-corrected chi connectivity index (χ1v) is 8.51. The third-order valence-electron chi connectivity index (χ3n) is 4.31. The number of halogens is 1. The summed E-state index contributed by atoms with van der Waals surface area (Å²) in [6.45, 7) is 1.81. The molecule has 0 aliphatic heterocycles. The molecule has 128 valence electrons. The molecular weight excluding hydrogens is 330 g/mol. The molecule has 1 amide bonds. The molecule has 1 saturated carbocycles. The number of nitrogens with zero attached hydrogens (tertiary/aromatic N) is 2. The van der Waals surface area contributed by atoms with Gasteiger partial charge in [0.25, 0.3) is 0 Å². The van der Waals surface area contributed by atoms with Crippen LogP contribution in [-0.4, -0.2) is 21.2 Å². The zero-order valence-electron chi connectivity index (χ0n) is 13.5. The number of phenols is 1. The van der Waals surface area contributed by atoms with Gasteiger partial charge in [-0.25, -0.2) is 0 Å². The second-order valence-electron chi connectivity index (χ2n) is 6.21. The highest BCUT2D eigenvalue weighted by Gasteiger charge is 2.24. The topological polar surface area (TPSA) is 88.2 Å². The molecular formula is C17H20ClN3O3. The van der Waals surface area contributed by atoms with Crippen molar-refractivity contribution in [2.75, 3.05) is 0 Å². The molecule has 6 nitrogen and oxygen atoms in total. The lowest BCUT2D eigenvalue weighted by Gasteiger charge is -2.10. The Bertz CT molecular complexity index is 726. The van der Waals surface area contributed by atoms with Crippen molar-refractivity contribution in [3.05, 3.63) is 40.5 Å². The van der Waals surface area contributed by atoms with Crippen LogP contribution in [0.1, 0.15) is 61.8 Å². The van der Waals surface area contributed by atoms with Crippen molar-refractivity contribution < 1.29 is 14.4 Å². The Labute approximate surface area is 145 Å². The Kier molecular flexibility index (Phi) is 5.04. The Hall–Kier alpha value is -2.08. The third-order valence-corrected chi connectivity index (χ3v) is 4.67. The minimum Gasteiger partial charge on any atom is -0.508 e. The zero-order chi connectivity index (χ0) is 17.1. The van der Waals surface area contributed by atoms with E-state index in [0.717, 1.165) is 18.7 Å². The highest BCUT2D eigenvalue weighted by atomic mass is 35.5. The van der Waals surface area contributed by atoms with Crippen LogP contribution in [0.15, 0.2) is 22.7 Å². The fraction of sp³-hybridized carbons (Fsp3) is 0.471. The maximum Gasteiger partial charge on any atom is 0.248 e. The molecule has 1 unspecified atom stereocenters. The minimum absolute atomic E-state index is 0.0721. The molecule has 1 heterocycles. The van der Waals surface area contributed by atoms with Gasteiger partial charge >= 0.3 is 0 Å². The van der Waals surface area contributed by atoms with E-state index in [0.29, 0.717) is 22.4 Å². The van der Waals surface area contributed by atoms with Crippen LogP contribution >= 0.6 is 11.6 Å². The van der Waals surface area contributed by atoms with Crippen molar-refractivity contribution in [3.63, 3.8) is 0 Å². The molecule has 3 rings (SSSR count). The van der Waals surface area contributed by atoms with E-state index >= 15 is 0 Å². The van der Waals surface area contributed by atoms with Gasteiger partial charge < -0.3 is 14.9 Å². The lowest BCUT2D eigenvalue weighted by Crippen LogP contribution is -2.28. The van der Waals surface area contributed by atoms with Gasteiger partial charge in [-0.15, -0.1) is 0 Å². The summed E-state index contributed by atoms with van der Waals surface area (Å²) in [7, 11) is 0. The number of carbonyl (C=O) groups is 1. The number of amides is 1. The molecule has 1 fully saturated rings. The fourth-order valence-electron chi connectivity index (χ4n) is 2.98. The van der Waals surface area contributed by atoms with Crippen LogP contribution in [0, 0.1) is 0 Å². The van der Waals surface area contributed by atoms with Gasteiger partial charge in [0.1, 0.15) is 11.8 Å². The molecule has 0 radical (unpaired) electrons. The summed E-state index contributed by atoms with van der Waals surface area (Å²) in [5.74, 6) is 1.41. The Morgan fingerprint density at radius 1 is 1.46 bits per heavy atom. The summed E-state index contributed by atoms with van der Waals surface area (Å²) in [6.07, 6.45) is 4.72. The lowest BCUT2D eigenvalue weighted by molar-refractivity contribution is -0.121. The van der Waals surface area contributed by atoms with E-state index in [2.05, 4.69) is 15.5 Å². The smallest absolute Gasteiger partial charge is 0.248 e. The summed E-state index contributed by atoms with van der Waals surface area (Å²) < 4.78 is 5.29. The number of aromatic hydroxyl groups is 1. The number of phenolic OH excluding ortho intramolecular Hbond substituents is 1. The van der Waals surface area contributed by atoms with Gasteiger partial charge in [0, 0.05) is 10.9 Å². The van der Waals surface area contributed by atoms with Crippen LogP contribution in [0.2, 0.25) is 5.02 Å². The van der Waals surface area contributed by atoms with Gasteiger partial charge in [0.2, 0.25) is 11.8 Å². The minimum atomic E-state index is -0.365. The Morgan fingerprint density at radius 2 is 2.21 bits per heavy atom. The van der Waals surface area contributed by atoms with Crippen LogP contribution in [0.5, 0.6) is 5.75 Å². The van der Waals surface area contributed by atoms with E-state index in [-0.39, 0.29) is 24.1 Å². The average molecular weight is 350 g/mol. The van der Waals surface area contributed by atoms with Crippen LogP contribution < -0.4 is 5.32 Å². The summed E-state index contributed by atoms with van der Waals surface area (Å²) in [5, 5.41) is 16.6. The maximum atomic E-state index is 12.2. The molecule has 1 aliphatic rings. The first-order valence-electron chi connectivity index (χ1n) is 8.13. The van der Waals surface area contributed by atoms with Crippen LogP contribution in [0.4, 0.5) is 0 Å². The summed E-state index contributed by atoms with van der Waals surface area (Å²) >= 11 is 6.02. The molecule has 1 aromatic heterocycles. The van der Waals surface area contributed by atoms with E-state index in [1.165, 1.54) is 25.0 Å². The van der Waals surface area contributed by atoms with Crippen LogP contribution in [0.25, 0.3) is 0 Å². The SMILES string of the molecule is CC(NC(=O)Cc1ccc(O)cc1Cl)c1nc(C2CCCC2)no1. The molecule has 1 atom stereocenters. The lowest BCUT2D eigenvalue weighted by atomic mass is 10.1. The third kappa shape index (κ3) is 3.87. The van der Waals surface area contributed by atoms with E-state index in [4.69, 9.17) is 16.1 Å². The highest BCUT2D eigenvalue weighted by molar-refractivity contribution is 6.31. The molecule has 0 saturated heterocycles. The normalized spacial score (nSPS) is 16.2. The first kappa shape index (κ1) is 16.8. The maximum absolute atomic E-state index is 12.2. The Morgan fingerprint density at radius 3 is 2.92 bits per heavy atom. The van der Waals surface area contributed by atoms with E-state index in [1.54, 1.807) is 6.07 Å². The molecule has 2 N–H and O–H groups in total. The molecule has 7 heteroatoms. The van der Waals surface area contributed by atoms with Gasteiger partial charge in [-0.2, -0.15) is 4.98 Å². The predicted octanol–water partition coefficient (Wildman–Crippen LogP) is 3.51. The van der Waals surface area contributed by atoms with E-state index in [9.17, 15) is 9.90 Å². The zero-order valence-corrected chi connectivity index (χ0v) is 14.2. The van der Waals surface area contributed by atoms with Crippen molar-refractivity contribution in [3.8, 4) is 5.75 Å². The number of hydrogen-bond acceptors (Lipinski definition) is 5. The van der Waals surface area contributed by atoms with Crippen molar-refractivity contribution in [2.45, 2.75) is 51.0 Å². The monoisotopic (exact) mass is 349 g/mol. The molecule has 1 aliphatic carbocycles. The molecule has 2 aromatic rings. The van der Waals surface area contributed by atoms with Gasteiger partial charge in [-0.05, 0) is 37.5 Å². The van der Waals surface area contributed by atoms with Crippen molar-refractivity contribution in [1.29, 1.82) is 0 Å². The summed E-state index contributed by atoms with van der Waals surface area (Å²) in [4.78, 5) is 16.6. The van der Waals surface area contributed by atoms with Gasteiger partial charge in [0.05, 0.1) is 6.42 Å². The van der Waals surface area contributed by atoms with Gasteiger partial charge in [-0.1, -0.05) is 35.7 Å². The van der Waals surface area contributed by atoms with Crippen molar-refractivity contribution >= 4 is 17.5 Å². The van der Waals surface area contributed by atoms with Gasteiger partial charge in [0.15, 0.2) is 5.82 Å². The number of carbonyl (C=O) groups excluding carboxylic acids is 1. The second kappa shape index (κ2) is 7.21. The van der Waals surface area contributed by atoms with Gasteiger partial charge in [-0.3, -0.25) is 4.79 Å². The average Bonchev–Trinajstić information content (AvgIpc) is 3.20. The first-order chi connectivity index (χ1) is 11.5. The highest BCUT2D eigenvalue weighted by Crippen LogP contribution is 2.32. The number of rotatable bonds is 5. The standard InChI is InChI=1S/C17H20ClN3O3/c1-10(17-20-16(21-24-17)11-4-2-3-5-11)19-15(23)8-12-6-7-13(22)9-14(12)18/h6-7,9-11,22H,2-5,8H2,1H3,(H,19,23). The fourth-order valence-corrected chi connectivity index (χ4v) is 3.22. The van der Waals surface area contributed by atoms with Crippen molar-refractivity contribution in [2.24, 2.45) is 0 Å². The van der Waals surface area contributed by atoms with Crippen molar-refractivity contribution in [1.82, 2.24) is 15.5 Å². The second-order valence-corrected chi connectivity index (χ2v) is 6.62. The molecule has 0 bridgehead atoms. The number of nitrogens with one attached hydrogen (secondary N) is 1. The van der Waals surface area contributed by atoms with E-state index in [1.807, 2.05) is 6.92 Å². The quantitative estimate of drug-likeness (QED) is 0.862. The number of hydrogen-bond donors (Lipinski definition) is 2. The summed E-state index contributed by atoms with van der Waals surface area (Å²) in [5.41, 5.74) is 0.649. The molecule has 0 spiro atoms.